The van der Waals surface area contributed by atoms with Crippen molar-refractivity contribution in [2.24, 2.45) is 4.99 Å². The van der Waals surface area contributed by atoms with E-state index in [1.165, 1.54) is 23.0 Å². The van der Waals surface area contributed by atoms with Crippen LogP contribution < -0.4 is 29.1 Å². The van der Waals surface area contributed by atoms with Crippen molar-refractivity contribution in [1.82, 2.24) is 4.57 Å². The number of thiazole rings is 1. The maximum atomic E-state index is 14.2. The third-order valence-corrected chi connectivity index (χ3v) is 9.59. The van der Waals surface area contributed by atoms with Gasteiger partial charge in [0, 0.05) is 0 Å². The first-order valence-electron chi connectivity index (χ1n) is 15.0. The highest BCUT2D eigenvalue weighted by atomic mass is 127. The van der Waals surface area contributed by atoms with Gasteiger partial charge in [-0.1, -0.05) is 47.7 Å². The van der Waals surface area contributed by atoms with E-state index in [4.69, 9.17) is 18.9 Å². The lowest BCUT2D eigenvalue weighted by Crippen LogP contribution is -2.40. The molecule has 0 spiro atoms. The Morgan fingerprint density at radius 1 is 1.02 bits per heavy atom. The average molecular weight is 848 g/mol. The molecule has 5 rings (SSSR count). The Balaban J connectivity index is 1.58. The van der Waals surface area contributed by atoms with E-state index in [-0.39, 0.29) is 24.3 Å². The minimum absolute atomic E-state index is 0.149. The summed E-state index contributed by atoms with van der Waals surface area (Å²) in [4.78, 5) is 44.4. The van der Waals surface area contributed by atoms with Crippen LogP contribution in [0.3, 0.4) is 0 Å². The van der Waals surface area contributed by atoms with Gasteiger partial charge in [0.15, 0.2) is 22.9 Å². The minimum Gasteiger partial charge on any atom is -0.490 e. The Kier molecular flexibility index (Phi) is 11.8. The molecule has 0 fully saturated rings. The Morgan fingerprint density at radius 2 is 1.79 bits per heavy atom. The van der Waals surface area contributed by atoms with Crippen molar-refractivity contribution in [3.8, 4) is 17.2 Å². The first-order valence-corrected chi connectivity index (χ1v) is 17.7. The van der Waals surface area contributed by atoms with Crippen molar-refractivity contribution in [2.45, 2.75) is 33.4 Å². The van der Waals surface area contributed by atoms with Crippen LogP contribution in [-0.4, -0.2) is 43.4 Å². The van der Waals surface area contributed by atoms with E-state index >= 15 is 0 Å². The molecule has 10 nitrogen and oxygen atoms in total. The van der Waals surface area contributed by atoms with Crippen LogP contribution in [0.4, 0.5) is 0 Å². The summed E-state index contributed by atoms with van der Waals surface area (Å²) in [6.45, 7) is 5.82. The minimum atomic E-state index is -0.864. The molecule has 3 aromatic carbocycles. The van der Waals surface area contributed by atoms with E-state index in [1.54, 1.807) is 38.1 Å². The van der Waals surface area contributed by atoms with Gasteiger partial charge in [-0.2, -0.15) is 0 Å². The number of halogens is 2. The molecule has 250 valence electrons. The van der Waals surface area contributed by atoms with Crippen molar-refractivity contribution < 1.29 is 33.3 Å². The summed E-state index contributed by atoms with van der Waals surface area (Å²) in [7, 11) is 1.27. The first-order chi connectivity index (χ1) is 23.1. The molecule has 0 saturated heterocycles. The van der Waals surface area contributed by atoms with E-state index in [9.17, 15) is 14.4 Å². The summed E-state index contributed by atoms with van der Waals surface area (Å²) in [5.41, 5.74) is 2.76. The fraction of sp³-hybridized carbons (Fsp3) is 0.257. The van der Waals surface area contributed by atoms with Crippen LogP contribution in [0.15, 0.2) is 86.2 Å². The average Bonchev–Trinajstić information content (AvgIpc) is 3.37. The number of carbonyl (C=O) groups is 2. The highest BCUT2D eigenvalue weighted by Gasteiger charge is 2.34. The molecule has 0 radical (unpaired) electrons. The third-order valence-electron chi connectivity index (χ3n) is 7.22. The van der Waals surface area contributed by atoms with Crippen LogP contribution in [0.1, 0.15) is 43.5 Å². The van der Waals surface area contributed by atoms with Gasteiger partial charge in [-0.3, -0.25) is 9.36 Å². The number of hydrogen-bond acceptors (Lipinski definition) is 10. The Labute approximate surface area is 302 Å². The van der Waals surface area contributed by atoms with Crippen LogP contribution in [0.25, 0.3) is 6.08 Å². The highest BCUT2D eigenvalue weighted by Crippen LogP contribution is 2.37. The molecule has 1 aromatic heterocycles. The number of allylic oxidation sites excluding steroid dienone is 1. The Hall–Kier alpha value is -3.95. The van der Waals surface area contributed by atoms with Crippen LogP contribution in [0.5, 0.6) is 17.2 Å². The lowest BCUT2D eigenvalue weighted by Gasteiger charge is -2.25. The largest absolute Gasteiger partial charge is 0.490 e. The summed E-state index contributed by atoms with van der Waals surface area (Å²) in [6, 6.07) is 17.9. The zero-order valence-electron chi connectivity index (χ0n) is 26.6. The lowest BCUT2D eigenvalue weighted by molar-refractivity contribution is -0.143. The van der Waals surface area contributed by atoms with Crippen LogP contribution in [0.2, 0.25) is 0 Å². The van der Waals surface area contributed by atoms with E-state index < -0.39 is 18.0 Å². The van der Waals surface area contributed by atoms with Crippen LogP contribution in [0, 0.1) is 3.57 Å². The van der Waals surface area contributed by atoms with Crippen molar-refractivity contribution in [1.29, 1.82) is 0 Å². The highest BCUT2D eigenvalue weighted by molar-refractivity contribution is 14.1. The lowest BCUT2D eigenvalue weighted by atomic mass is 9.95. The zero-order valence-corrected chi connectivity index (χ0v) is 31.1. The standard InChI is InChI=1S/C35H32BrIN2O8S/c1-5-44-27-17-23(12-13-26(27)46-19-29(40)43-4)31-30(34(42)45-6-2)20(3)38-35-39(31)33(41)28(48-35)16-22-14-24(36)32(25(37)15-22)47-18-21-10-8-7-9-11-21/h7-17,31H,5-6,18-19H2,1-4H3/b28-16-/t31-/m0/s1. The number of carbonyl (C=O) groups excluding carboxylic acids is 2. The molecule has 1 atom stereocenters. The number of aromatic nitrogens is 1. The topological polar surface area (TPSA) is 115 Å². The maximum absolute atomic E-state index is 14.2. The van der Waals surface area contributed by atoms with Crippen molar-refractivity contribution in [2.75, 3.05) is 26.9 Å². The second-order valence-corrected chi connectivity index (χ2v) is 13.4. The number of rotatable bonds is 12. The van der Waals surface area contributed by atoms with E-state index in [0.29, 0.717) is 51.1 Å². The van der Waals surface area contributed by atoms with Crippen molar-refractivity contribution in [3.63, 3.8) is 0 Å². The smallest absolute Gasteiger partial charge is 0.343 e. The summed E-state index contributed by atoms with van der Waals surface area (Å²) in [5.74, 6) is 0.234. The normalized spacial score (nSPS) is 14.2. The van der Waals surface area contributed by atoms with Gasteiger partial charge in [-0.05, 0) is 106 Å². The predicted molar refractivity (Wildman–Crippen MR) is 193 cm³/mol. The number of esters is 2. The van der Waals surface area contributed by atoms with E-state index in [2.05, 4.69) is 48.3 Å². The fourth-order valence-corrected chi connectivity index (χ4v) is 7.88. The van der Waals surface area contributed by atoms with Gasteiger partial charge >= 0.3 is 11.9 Å². The molecule has 0 bridgehead atoms. The van der Waals surface area contributed by atoms with Gasteiger partial charge < -0.3 is 23.7 Å². The molecular formula is C35H32BrIN2O8S. The molecule has 1 aliphatic rings. The Bertz CT molecular complexity index is 2040. The van der Waals surface area contributed by atoms with Crippen molar-refractivity contribution in [3.05, 3.63) is 116 Å². The second-order valence-electron chi connectivity index (χ2n) is 10.4. The molecule has 4 aromatic rings. The molecule has 0 unspecified atom stereocenters. The summed E-state index contributed by atoms with van der Waals surface area (Å²) < 4.78 is 31.3. The molecule has 2 heterocycles. The molecule has 0 saturated carbocycles. The zero-order chi connectivity index (χ0) is 34.4. The van der Waals surface area contributed by atoms with E-state index in [0.717, 1.165) is 19.2 Å². The third kappa shape index (κ3) is 7.84. The SMILES string of the molecule is CCOC(=O)C1=C(C)N=c2s/c(=C\c3cc(Br)c(OCc4ccccc4)c(I)c3)c(=O)n2[C@H]1c1ccc(OCC(=O)OC)c(OCC)c1. The molecular weight excluding hydrogens is 815 g/mol. The van der Waals surface area contributed by atoms with Crippen LogP contribution >= 0.6 is 49.9 Å². The summed E-state index contributed by atoms with van der Waals surface area (Å²) >= 11 is 7.09. The molecule has 0 N–H and O–H groups in total. The molecule has 13 heteroatoms. The molecule has 0 aliphatic carbocycles. The fourth-order valence-electron chi connectivity index (χ4n) is 5.07. The predicted octanol–water partition coefficient (Wildman–Crippen LogP) is 5.69. The van der Waals surface area contributed by atoms with E-state index in [1.807, 2.05) is 49.4 Å². The number of benzene rings is 3. The monoisotopic (exact) mass is 846 g/mol. The van der Waals surface area contributed by atoms with Crippen molar-refractivity contribution >= 4 is 67.9 Å². The van der Waals surface area contributed by atoms with Gasteiger partial charge in [-0.15, -0.1) is 0 Å². The number of nitrogens with zero attached hydrogens (tertiary/aromatic N) is 2. The number of methoxy groups -OCH3 is 1. The quantitative estimate of drug-likeness (QED) is 0.132. The second kappa shape index (κ2) is 16.0. The molecule has 48 heavy (non-hydrogen) atoms. The number of ether oxygens (including phenoxy) is 5. The maximum Gasteiger partial charge on any atom is 0.343 e. The molecule has 1 aliphatic heterocycles. The summed E-state index contributed by atoms with van der Waals surface area (Å²) in [5, 5.41) is 0. The van der Waals surface area contributed by atoms with Gasteiger partial charge in [0.25, 0.3) is 5.56 Å². The number of hydrogen-bond donors (Lipinski definition) is 0. The summed E-state index contributed by atoms with van der Waals surface area (Å²) in [6.07, 6.45) is 1.80. The van der Waals surface area contributed by atoms with Gasteiger partial charge in [-0.25, -0.2) is 14.6 Å². The Morgan fingerprint density at radius 3 is 2.48 bits per heavy atom. The van der Waals surface area contributed by atoms with Gasteiger partial charge in [0.05, 0.1) is 50.2 Å². The number of fused-ring (bicyclic) bond motifs is 1. The molecule has 0 amide bonds. The first kappa shape index (κ1) is 35.4. The van der Waals surface area contributed by atoms with Gasteiger partial charge in [0.1, 0.15) is 12.4 Å². The van der Waals surface area contributed by atoms with Gasteiger partial charge in [0.2, 0.25) is 0 Å². The van der Waals surface area contributed by atoms with Crippen LogP contribution in [-0.2, 0) is 25.7 Å².